The van der Waals surface area contributed by atoms with Gasteiger partial charge in [-0.2, -0.15) is 0 Å². The van der Waals surface area contributed by atoms with Crippen molar-refractivity contribution in [2.75, 3.05) is 18.4 Å². The van der Waals surface area contributed by atoms with Crippen LogP contribution in [0.2, 0.25) is 0 Å². The van der Waals surface area contributed by atoms with Crippen LogP contribution in [0.25, 0.3) is 0 Å². The van der Waals surface area contributed by atoms with Crippen molar-refractivity contribution in [1.29, 1.82) is 0 Å². The zero-order valence-corrected chi connectivity index (χ0v) is 18.1. The Kier molecular flexibility index (Phi) is 7.00. The first kappa shape index (κ1) is 21.1. The van der Waals surface area contributed by atoms with Gasteiger partial charge in [-0.25, -0.2) is 0 Å². The molecule has 1 aliphatic heterocycles. The topological polar surface area (TPSA) is 41.6 Å². The van der Waals surface area contributed by atoms with Crippen LogP contribution in [0, 0.1) is 5.92 Å². The second-order valence-electron chi connectivity index (χ2n) is 8.41. The van der Waals surface area contributed by atoms with Crippen LogP contribution in [-0.4, -0.2) is 23.9 Å². The SMILES string of the molecule is CC1CCN(Cc2ccc(C(=O)Nc3ccc(OCc4ccccc4)cc3)cc2)CC1. The molecule has 1 aliphatic rings. The first-order valence-corrected chi connectivity index (χ1v) is 11.0. The van der Waals surface area contributed by atoms with Gasteiger partial charge >= 0.3 is 0 Å². The van der Waals surface area contributed by atoms with E-state index in [-0.39, 0.29) is 5.91 Å². The van der Waals surface area contributed by atoms with E-state index < -0.39 is 0 Å². The Hall–Kier alpha value is -3.11. The number of hydrogen-bond acceptors (Lipinski definition) is 3. The number of nitrogens with zero attached hydrogens (tertiary/aromatic N) is 1. The summed E-state index contributed by atoms with van der Waals surface area (Å²) in [5.41, 5.74) is 3.80. The van der Waals surface area contributed by atoms with Crippen molar-refractivity contribution in [1.82, 2.24) is 4.90 Å². The van der Waals surface area contributed by atoms with Crippen molar-refractivity contribution in [2.24, 2.45) is 5.92 Å². The molecule has 1 heterocycles. The average molecular weight is 415 g/mol. The molecule has 0 atom stereocenters. The summed E-state index contributed by atoms with van der Waals surface area (Å²) in [5, 5.41) is 2.96. The van der Waals surface area contributed by atoms with Gasteiger partial charge in [0.15, 0.2) is 0 Å². The second-order valence-corrected chi connectivity index (χ2v) is 8.41. The van der Waals surface area contributed by atoms with Gasteiger partial charge in [-0.05, 0) is 79.4 Å². The quantitative estimate of drug-likeness (QED) is 0.535. The minimum atomic E-state index is -0.101. The fraction of sp³-hybridized carbons (Fsp3) is 0.296. The summed E-state index contributed by atoms with van der Waals surface area (Å²) >= 11 is 0. The highest BCUT2D eigenvalue weighted by Crippen LogP contribution is 2.20. The maximum atomic E-state index is 12.6. The summed E-state index contributed by atoms with van der Waals surface area (Å²) in [7, 11) is 0. The molecule has 0 spiro atoms. The van der Waals surface area contributed by atoms with Gasteiger partial charge < -0.3 is 10.1 Å². The van der Waals surface area contributed by atoms with E-state index in [1.54, 1.807) is 0 Å². The smallest absolute Gasteiger partial charge is 0.255 e. The Labute approximate surface area is 184 Å². The number of hydrogen-bond donors (Lipinski definition) is 1. The molecule has 0 saturated carbocycles. The van der Waals surface area contributed by atoms with E-state index in [9.17, 15) is 4.79 Å². The van der Waals surface area contributed by atoms with Crippen molar-refractivity contribution in [3.8, 4) is 5.75 Å². The standard InChI is InChI=1S/C27H30N2O2/c1-21-15-17-29(18-16-21)19-22-7-9-24(10-8-22)27(30)28-25-11-13-26(14-12-25)31-20-23-5-3-2-4-6-23/h2-14,21H,15-20H2,1H3,(H,28,30). The number of nitrogens with one attached hydrogen (secondary N) is 1. The van der Waals surface area contributed by atoms with Crippen LogP contribution < -0.4 is 10.1 Å². The molecule has 0 aliphatic carbocycles. The molecule has 0 bridgehead atoms. The average Bonchev–Trinajstić information content (AvgIpc) is 2.81. The van der Waals surface area contributed by atoms with Gasteiger partial charge in [0.05, 0.1) is 0 Å². The molecule has 4 heteroatoms. The number of likely N-dealkylation sites (tertiary alicyclic amines) is 1. The lowest BCUT2D eigenvalue weighted by atomic mass is 9.99. The fourth-order valence-corrected chi connectivity index (χ4v) is 3.82. The Morgan fingerprint density at radius 3 is 2.26 bits per heavy atom. The van der Waals surface area contributed by atoms with Crippen molar-refractivity contribution in [2.45, 2.75) is 32.9 Å². The number of benzene rings is 3. The number of carbonyl (C=O) groups excluding carboxylic acids is 1. The van der Waals surface area contributed by atoms with E-state index in [0.29, 0.717) is 12.2 Å². The summed E-state index contributed by atoms with van der Waals surface area (Å²) < 4.78 is 5.80. The molecular formula is C27H30N2O2. The molecule has 1 fully saturated rings. The Morgan fingerprint density at radius 1 is 0.903 bits per heavy atom. The molecule has 0 aromatic heterocycles. The van der Waals surface area contributed by atoms with Gasteiger partial charge in [0, 0.05) is 17.8 Å². The molecule has 1 amide bonds. The molecule has 0 unspecified atom stereocenters. The third-order valence-corrected chi connectivity index (χ3v) is 5.86. The molecule has 31 heavy (non-hydrogen) atoms. The lowest BCUT2D eigenvalue weighted by Gasteiger charge is -2.30. The third kappa shape index (κ3) is 6.19. The summed E-state index contributed by atoms with van der Waals surface area (Å²) in [6.07, 6.45) is 2.55. The van der Waals surface area contributed by atoms with Gasteiger partial charge in [0.1, 0.15) is 12.4 Å². The van der Waals surface area contributed by atoms with E-state index in [4.69, 9.17) is 4.74 Å². The van der Waals surface area contributed by atoms with Gasteiger partial charge in [-0.1, -0.05) is 49.4 Å². The lowest BCUT2D eigenvalue weighted by molar-refractivity contribution is 0.102. The third-order valence-electron chi connectivity index (χ3n) is 5.86. The van der Waals surface area contributed by atoms with Gasteiger partial charge in [0.25, 0.3) is 5.91 Å². The number of ether oxygens (including phenoxy) is 1. The van der Waals surface area contributed by atoms with Crippen LogP contribution in [0.3, 0.4) is 0 Å². The summed E-state index contributed by atoms with van der Waals surface area (Å²) in [6.45, 7) is 6.13. The predicted octanol–water partition coefficient (Wildman–Crippen LogP) is 5.75. The minimum Gasteiger partial charge on any atom is -0.489 e. The predicted molar refractivity (Wildman–Crippen MR) is 125 cm³/mol. The molecule has 0 radical (unpaired) electrons. The second kappa shape index (κ2) is 10.3. The van der Waals surface area contributed by atoms with Crippen molar-refractivity contribution in [3.05, 3.63) is 95.6 Å². The van der Waals surface area contributed by atoms with Crippen LogP contribution in [0.5, 0.6) is 5.75 Å². The number of rotatable bonds is 7. The monoisotopic (exact) mass is 414 g/mol. The normalized spacial score (nSPS) is 14.9. The van der Waals surface area contributed by atoms with E-state index >= 15 is 0 Å². The maximum absolute atomic E-state index is 12.6. The molecule has 3 aromatic carbocycles. The number of carbonyl (C=O) groups is 1. The number of anilines is 1. The van der Waals surface area contributed by atoms with E-state index in [1.165, 1.54) is 18.4 Å². The van der Waals surface area contributed by atoms with Crippen LogP contribution in [0.4, 0.5) is 5.69 Å². The maximum Gasteiger partial charge on any atom is 0.255 e. The lowest BCUT2D eigenvalue weighted by Crippen LogP contribution is -2.32. The minimum absolute atomic E-state index is 0.101. The van der Waals surface area contributed by atoms with Gasteiger partial charge in [-0.3, -0.25) is 9.69 Å². The molecule has 3 aromatic rings. The highest BCUT2D eigenvalue weighted by Gasteiger charge is 2.15. The summed E-state index contributed by atoms with van der Waals surface area (Å²) in [4.78, 5) is 15.1. The van der Waals surface area contributed by atoms with Gasteiger partial charge in [0.2, 0.25) is 0 Å². The summed E-state index contributed by atoms with van der Waals surface area (Å²) in [6, 6.07) is 25.5. The zero-order valence-electron chi connectivity index (χ0n) is 18.1. The van der Waals surface area contributed by atoms with E-state index in [1.807, 2.05) is 66.7 Å². The summed E-state index contributed by atoms with van der Waals surface area (Å²) in [5.74, 6) is 1.52. The Bertz CT molecular complexity index is 960. The molecule has 1 N–H and O–H groups in total. The van der Waals surface area contributed by atoms with Crippen molar-refractivity contribution < 1.29 is 9.53 Å². The van der Waals surface area contributed by atoms with Crippen LogP contribution >= 0.6 is 0 Å². The molecular weight excluding hydrogens is 384 g/mol. The first-order chi connectivity index (χ1) is 15.2. The van der Waals surface area contributed by atoms with Crippen LogP contribution in [-0.2, 0) is 13.2 Å². The highest BCUT2D eigenvalue weighted by atomic mass is 16.5. The van der Waals surface area contributed by atoms with Crippen molar-refractivity contribution >= 4 is 11.6 Å². The first-order valence-electron chi connectivity index (χ1n) is 11.0. The molecule has 1 saturated heterocycles. The molecule has 4 nitrogen and oxygen atoms in total. The zero-order chi connectivity index (χ0) is 21.5. The van der Waals surface area contributed by atoms with Gasteiger partial charge in [-0.15, -0.1) is 0 Å². The van der Waals surface area contributed by atoms with Crippen molar-refractivity contribution in [3.63, 3.8) is 0 Å². The largest absolute Gasteiger partial charge is 0.489 e. The number of piperidine rings is 1. The Morgan fingerprint density at radius 2 is 1.58 bits per heavy atom. The van der Waals surface area contributed by atoms with Crippen LogP contribution in [0.15, 0.2) is 78.9 Å². The number of amides is 1. The van der Waals surface area contributed by atoms with Crippen LogP contribution in [0.1, 0.15) is 41.3 Å². The highest BCUT2D eigenvalue weighted by molar-refractivity contribution is 6.04. The van der Waals surface area contributed by atoms with E-state index in [0.717, 1.165) is 42.6 Å². The van der Waals surface area contributed by atoms with E-state index in [2.05, 4.69) is 29.3 Å². The fourth-order valence-electron chi connectivity index (χ4n) is 3.82. The molecule has 4 rings (SSSR count). The Balaban J connectivity index is 1.27. The molecule has 160 valence electrons.